The van der Waals surface area contributed by atoms with Gasteiger partial charge in [-0.15, -0.1) is 0 Å². The maximum Gasteiger partial charge on any atom is 0.433 e. The maximum absolute atomic E-state index is 13.9. The topological polar surface area (TPSA) is 77.8 Å². The van der Waals surface area contributed by atoms with Gasteiger partial charge in [0, 0.05) is 11.3 Å². The van der Waals surface area contributed by atoms with Crippen LogP contribution in [0.4, 0.5) is 18.9 Å². The van der Waals surface area contributed by atoms with Gasteiger partial charge >= 0.3 is 6.18 Å². The van der Waals surface area contributed by atoms with Crippen molar-refractivity contribution in [2.24, 2.45) is 0 Å². The Balaban J connectivity index is 1.85. The smallest absolute Gasteiger partial charge is 0.433 e. The molecule has 0 unspecified atom stereocenters. The minimum atomic E-state index is -4.74. The Morgan fingerprint density at radius 1 is 0.971 bits per heavy atom. The third-order valence-corrected chi connectivity index (χ3v) is 5.17. The second-order valence-corrected chi connectivity index (χ2v) is 7.72. The minimum Gasteiger partial charge on any atom is -0.493 e. The highest BCUT2D eigenvalue weighted by molar-refractivity contribution is 6.08. The second kappa shape index (κ2) is 8.69. The van der Waals surface area contributed by atoms with E-state index >= 15 is 0 Å². The summed E-state index contributed by atoms with van der Waals surface area (Å²) in [6.07, 6.45) is -3.66. The number of hydrogen-bond acceptors (Lipinski definition) is 5. The van der Waals surface area contributed by atoms with E-state index in [1.165, 1.54) is 20.3 Å². The van der Waals surface area contributed by atoms with Crippen LogP contribution in [0, 0.1) is 13.8 Å². The third-order valence-electron chi connectivity index (χ3n) is 5.17. The summed E-state index contributed by atoms with van der Waals surface area (Å²) in [6.45, 7) is 3.76. The fourth-order valence-electron chi connectivity index (χ4n) is 3.71. The molecule has 0 aliphatic heterocycles. The quantitative estimate of drug-likeness (QED) is 0.428. The molecule has 176 valence electrons. The predicted octanol–water partition coefficient (Wildman–Crippen LogP) is 5.30. The van der Waals surface area contributed by atoms with Gasteiger partial charge in [-0.25, -0.2) is 9.50 Å². The minimum absolute atomic E-state index is 0.00160. The van der Waals surface area contributed by atoms with Gasteiger partial charge in [0.1, 0.15) is 5.56 Å². The largest absolute Gasteiger partial charge is 0.493 e. The van der Waals surface area contributed by atoms with Crippen molar-refractivity contribution in [1.82, 2.24) is 14.6 Å². The van der Waals surface area contributed by atoms with Crippen molar-refractivity contribution in [2.75, 3.05) is 19.5 Å². The molecule has 2 aromatic heterocycles. The first-order valence-corrected chi connectivity index (χ1v) is 10.2. The summed E-state index contributed by atoms with van der Waals surface area (Å²) in [7, 11) is 2.88. The van der Waals surface area contributed by atoms with E-state index in [0.29, 0.717) is 27.3 Å². The maximum atomic E-state index is 13.9. The van der Waals surface area contributed by atoms with Crippen molar-refractivity contribution in [3.63, 3.8) is 0 Å². The van der Waals surface area contributed by atoms with Gasteiger partial charge < -0.3 is 14.8 Å². The number of ether oxygens (including phenoxy) is 2. The number of halogens is 3. The molecule has 0 fully saturated rings. The molecule has 7 nitrogen and oxygen atoms in total. The number of benzene rings is 2. The first-order chi connectivity index (χ1) is 16.1. The Morgan fingerprint density at radius 2 is 1.65 bits per heavy atom. The van der Waals surface area contributed by atoms with E-state index in [-0.39, 0.29) is 16.9 Å². The zero-order chi connectivity index (χ0) is 24.6. The molecule has 10 heteroatoms. The van der Waals surface area contributed by atoms with E-state index in [0.717, 1.165) is 23.4 Å². The van der Waals surface area contributed by atoms with Crippen molar-refractivity contribution in [2.45, 2.75) is 20.0 Å². The number of aromatic nitrogens is 3. The lowest BCUT2D eigenvalue weighted by atomic mass is 10.1. The zero-order valence-corrected chi connectivity index (χ0v) is 18.8. The Hall–Kier alpha value is -4.08. The van der Waals surface area contributed by atoms with E-state index in [2.05, 4.69) is 15.4 Å². The van der Waals surface area contributed by atoms with E-state index in [1.54, 1.807) is 24.3 Å². The van der Waals surface area contributed by atoms with E-state index in [4.69, 9.17) is 9.47 Å². The molecule has 0 saturated heterocycles. The van der Waals surface area contributed by atoms with Gasteiger partial charge in [-0.2, -0.15) is 18.3 Å². The molecule has 0 bridgehead atoms. The number of rotatable bonds is 5. The lowest BCUT2D eigenvalue weighted by molar-refractivity contribution is -0.142. The highest BCUT2D eigenvalue weighted by Gasteiger charge is 2.36. The summed E-state index contributed by atoms with van der Waals surface area (Å²) in [5, 5.41) is 6.53. The van der Waals surface area contributed by atoms with Crippen LogP contribution in [-0.2, 0) is 6.18 Å². The molecule has 34 heavy (non-hydrogen) atoms. The van der Waals surface area contributed by atoms with Gasteiger partial charge in [-0.1, -0.05) is 6.07 Å². The lowest BCUT2D eigenvalue weighted by Crippen LogP contribution is -2.16. The molecule has 4 aromatic rings. The van der Waals surface area contributed by atoms with Crippen LogP contribution >= 0.6 is 0 Å². The van der Waals surface area contributed by atoms with Crippen molar-refractivity contribution >= 4 is 17.2 Å². The summed E-state index contributed by atoms with van der Waals surface area (Å²) < 4.78 is 52.7. The van der Waals surface area contributed by atoms with Crippen LogP contribution in [0.1, 0.15) is 27.2 Å². The highest BCUT2D eigenvalue weighted by atomic mass is 19.4. The van der Waals surface area contributed by atoms with Crippen LogP contribution in [-0.4, -0.2) is 34.7 Å². The van der Waals surface area contributed by atoms with Crippen molar-refractivity contribution in [3.05, 3.63) is 71.0 Å². The number of methoxy groups -OCH3 is 2. The first kappa shape index (κ1) is 23.1. The number of hydrogen-bond donors (Lipinski definition) is 1. The van der Waals surface area contributed by atoms with Crippen molar-refractivity contribution in [1.29, 1.82) is 0 Å². The van der Waals surface area contributed by atoms with Crippen molar-refractivity contribution in [3.8, 4) is 22.8 Å². The molecular formula is C24H21F3N4O3. The van der Waals surface area contributed by atoms with Gasteiger partial charge in [-0.3, -0.25) is 4.79 Å². The van der Waals surface area contributed by atoms with E-state index in [9.17, 15) is 18.0 Å². The number of aryl methyl sites for hydroxylation is 2. The number of carbonyl (C=O) groups is 1. The van der Waals surface area contributed by atoms with Crippen LogP contribution in [0.25, 0.3) is 16.9 Å². The molecule has 0 aliphatic rings. The average molecular weight is 470 g/mol. The zero-order valence-electron chi connectivity index (χ0n) is 18.8. The Bertz CT molecular complexity index is 1380. The first-order valence-electron chi connectivity index (χ1n) is 10.2. The second-order valence-electron chi connectivity index (χ2n) is 7.72. The average Bonchev–Trinajstić information content (AvgIpc) is 3.20. The number of nitrogens with zero attached hydrogens (tertiary/aromatic N) is 3. The van der Waals surface area contributed by atoms with Gasteiger partial charge in [0.25, 0.3) is 5.91 Å². The number of alkyl halides is 3. The number of amides is 1. The fraction of sp³-hybridized carbons (Fsp3) is 0.208. The van der Waals surface area contributed by atoms with Gasteiger partial charge in [0.2, 0.25) is 0 Å². The SMILES string of the molecule is COc1ccc(-c2cc(C(F)(F)F)n3ncc(C(=O)Nc4cc(C)cc(C)c4)c3n2)cc1OC. The fourth-order valence-corrected chi connectivity index (χ4v) is 3.71. The highest BCUT2D eigenvalue weighted by Crippen LogP contribution is 2.36. The van der Waals surface area contributed by atoms with Gasteiger partial charge in [-0.05, 0) is 61.4 Å². The molecule has 0 radical (unpaired) electrons. The molecule has 1 N–H and O–H groups in total. The van der Waals surface area contributed by atoms with E-state index in [1.807, 2.05) is 19.9 Å². The molecule has 2 aromatic carbocycles. The molecule has 2 heterocycles. The molecular weight excluding hydrogens is 449 g/mol. The number of nitrogens with one attached hydrogen (secondary N) is 1. The van der Waals surface area contributed by atoms with Crippen LogP contribution in [0.3, 0.4) is 0 Å². The van der Waals surface area contributed by atoms with Gasteiger partial charge in [0.05, 0.1) is 26.1 Å². The predicted molar refractivity (Wildman–Crippen MR) is 120 cm³/mol. The molecule has 1 amide bonds. The Labute approximate surface area is 193 Å². The van der Waals surface area contributed by atoms with Crippen molar-refractivity contribution < 1.29 is 27.4 Å². The van der Waals surface area contributed by atoms with E-state index < -0.39 is 17.8 Å². The summed E-state index contributed by atoms with van der Waals surface area (Å²) in [4.78, 5) is 17.3. The van der Waals surface area contributed by atoms with Crippen LogP contribution in [0.2, 0.25) is 0 Å². The molecule has 0 atom stereocenters. The standard InChI is InChI=1S/C24H21F3N4O3/c1-13-7-14(2)9-16(8-13)29-23(32)17-12-28-31-21(24(25,26)27)11-18(30-22(17)31)15-5-6-19(33-3)20(10-15)34-4/h5-12H,1-4H3,(H,29,32). The van der Waals surface area contributed by atoms with Crippen LogP contribution < -0.4 is 14.8 Å². The molecule has 4 rings (SSSR count). The molecule has 0 aliphatic carbocycles. The summed E-state index contributed by atoms with van der Waals surface area (Å²) in [5.41, 5.74) is 1.37. The molecule has 0 spiro atoms. The number of fused-ring (bicyclic) bond motifs is 1. The Morgan fingerprint density at radius 3 is 2.26 bits per heavy atom. The van der Waals surface area contributed by atoms with Crippen LogP contribution in [0.5, 0.6) is 11.5 Å². The number of carbonyl (C=O) groups excluding carboxylic acids is 1. The summed E-state index contributed by atoms with van der Waals surface area (Å²) in [6, 6.07) is 11.0. The van der Waals surface area contributed by atoms with Gasteiger partial charge in [0.15, 0.2) is 22.8 Å². The molecule has 0 saturated carbocycles. The monoisotopic (exact) mass is 470 g/mol. The summed E-state index contributed by atoms with van der Waals surface area (Å²) in [5.74, 6) is 0.128. The van der Waals surface area contributed by atoms with Crippen LogP contribution in [0.15, 0.2) is 48.7 Å². The normalized spacial score (nSPS) is 11.5. The lowest BCUT2D eigenvalue weighted by Gasteiger charge is -2.13. The number of anilines is 1. The Kier molecular flexibility index (Phi) is 5.90. The summed E-state index contributed by atoms with van der Waals surface area (Å²) >= 11 is 0. The third kappa shape index (κ3) is 4.39.